The van der Waals surface area contributed by atoms with Crippen LogP contribution < -0.4 is 15.4 Å². The Bertz CT molecular complexity index is 941. The van der Waals surface area contributed by atoms with Crippen LogP contribution in [-0.2, 0) is 23.1 Å². The van der Waals surface area contributed by atoms with E-state index in [1.807, 2.05) is 57.2 Å². The fourth-order valence-electron chi connectivity index (χ4n) is 2.75. The molecule has 2 aromatic carbocycles. The van der Waals surface area contributed by atoms with E-state index in [1.54, 1.807) is 26.2 Å². The van der Waals surface area contributed by atoms with Gasteiger partial charge < -0.3 is 15.4 Å². The van der Waals surface area contributed by atoms with Gasteiger partial charge in [-0.3, -0.25) is 4.99 Å². The van der Waals surface area contributed by atoms with E-state index < -0.39 is 10.0 Å². The van der Waals surface area contributed by atoms with Crippen LogP contribution in [0.5, 0.6) is 5.75 Å². The number of ether oxygens (including phenoxy) is 1. The van der Waals surface area contributed by atoms with Gasteiger partial charge in [0.05, 0.1) is 11.5 Å². The number of aliphatic imine (C=N–C) groups is 1. The van der Waals surface area contributed by atoms with Crippen molar-refractivity contribution < 1.29 is 13.2 Å². The second-order valence-corrected chi connectivity index (χ2v) is 9.08. The monoisotopic (exact) mass is 432 g/mol. The van der Waals surface area contributed by atoms with Gasteiger partial charge in [-0.05, 0) is 44.5 Å². The Morgan fingerprint density at radius 2 is 1.70 bits per heavy atom. The summed E-state index contributed by atoms with van der Waals surface area (Å²) in [5, 5.41) is 6.52. The molecule has 164 valence electrons. The Morgan fingerprint density at radius 3 is 2.30 bits per heavy atom. The van der Waals surface area contributed by atoms with Crippen molar-refractivity contribution in [2.45, 2.75) is 44.8 Å². The van der Waals surface area contributed by atoms with Gasteiger partial charge in [0.2, 0.25) is 10.0 Å². The first-order chi connectivity index (χ1) is 14.3. The predicted octanol–water partition coefficient (Wildman–Crippen LogP) is 2.98. The summed E-state index contributed by atoms with van der Waals surface area (Å²) in [6.45, 7) is 7.37. The zero-order valence-corrected chi connectivity index (χ0v) is 19.2. The molecule has 0 saturated carbocycles. The summed E-state index contributed by atoms with van der Waals surface area (Å²) in [6.07, 6.45) is 0. The zero-order chi connectivity index (χ0) is 22.1. The van der Waals surface area contributed by atoms with Crippen LogP contribution in [0.4, 0.5) is 0 Å². The molecular weight excluding hydrogens is 400 g/mol. The normalized spacial score (nSPS) is 12.3. The molecule has 0 unspecified atom stereocenters. The van der Waals surface area contributed by atoms with Gasteiger partial charge in [0.15, 0.2) is 5.96 Å². The molecule has 8 heteroatoms. The molecule has 0 aromatic heterocycles. The molecule has 0 fully saturated rings. The number of hydrogen-bond donors (Lipinski definition) is 2. The Labute approximate surface area is 180 Å². The maximum absolute atomic E-state index is 12.6. The lowest BCUT2D eigenvalue weighted by molar-refractivity contribution is 0.336. The van der Waals surface area contributed by atoms with Crippen molar-refractivity contribution in [2.24, 2.45) is 4.99 Å². The summed E-state index contributed by atoms with van der Waals surface area (Å²) in [5.41, 5.74) is 2.00. The van der Waals surface area contributed by atoms with E-state index >= 15 is 0 Å². The molecule has 0 spiro atoms. The minimum Gasteiger partial charge on any atom is -0.494 e. The molecule has 2 aromatic rings. The van der Waals surface area contributed by atoms with E-state index in [1.165, 1.54) is 4.31 Å². The highest BCUT2D eigenvalue weighted by molar-refractivity contribution is 7.89. The number of benzene rings is 2. The Morgan fingerprint density at radius 1 is 1.07 bits per heavy atom. The standard InChI is InChI=1S/C22H32N4O3S/c1-6-29-21-10-8-7-9-19(21)16-25-22(23-4)24-15-18-11-13-20(14-12-18)30(27,28)26(5)17(2)3/h7-14,17H,6,15-16H2,1-5H3,(H2,23,24,25). The zero-order valence-electron chi connectivity index (χ0n) is 18.3. The highest BCUT2D eigenvalue weighted by atomic mass is 32.2. The summed E-state index contributed by atoms with van der Waals surface area (Å²) in [7, 11) is -0.172. The summed E-state index contributed by atoms with van der Waals surface area (Å²) < 4.78 is 32.1. The molecule has 0 radical (unpaired) electrons. The predicted molar refractivity (Wildman–Crippen MR) is 121 cm³/mol. The lowest BCUT2D eigenvalue weighted by Crippen LogP contribution is -2.36. The highest BCUT2D eigenvalue weighted by Crippen LogP contribution is 2.18. The third-order valence-electron chi connectivity index (χ3n) is 4.73. The Balaban J connectivity index is 1.96. The van der Waals surface area contributed by atoms with E-state index in [4.69, 9.17) is 4.74 Å². The summed E-state index contributed by atoms with van der Waals surface area (Å²) in [5.74, 6) is 1.50. The number of para-hydroxylation sites is 1. The lowest BCUT2D eigenvalue weighted by atomic mass is 10.2. The molecule has 2 rings (SSSR count). The van der Waals surface area contributed by atoms with Crippen LogP contribution in [0.2, 0.25) is 0 Å². The number of guanidine groups is 1. The number of rotatable bonds is 9. The molecule has 0 saturated heterocycles. The van der Waals surface area contributed by atoms with Gasteiger partial charge in [-0.15, -0.1) is 0 Å². The van der Waals surface area contributed by atoms with E-state index in [0.717, 1.165) is 16.9 Å². The molecule has 0 aliphatic rings. The molecular formula is C22H32N4O3S. The second-order valence-electron chi connectivity index (χ2n) is 7.08. The van der Waals surface area contributed by atoms with Crippen LogP contribution in [0.25, 0.3) is 0 Å². The van der Waals surface area contributed by atoms with E-state index in [9.17, 15) is 8.42 Å². The van der Waals surface area contributed by atoms with Crippen molar-refractivity contribution in [3.63, 3.8) is 0 Å². The van der Waals surface area contributed by atoms with Crippen LogP contribution in [0.15, 0.2) is 58.4 Å². The number of hydrogen-bond acceptors (Lipinski definition) is 4. The molecule has 30 heavy (non-hydrogen) atoms. The molecule has 0 atom stereocenters. The Hall–Kier alpha value is -2.58. The van der Waals surface area contributed by atoms with Gasteiger partial charge in [0.25, 0.3) is 0 Å². The van der Waals surface area contributed by atoms with Crippen molar-refractivity contribution in [3.05, 3.63) is 59.7 Å². The van der Waals surface area contributed by atoms with Crippen LogP contribution in [0, 0.1) is 0 Å². The van der Waals surface area contributed by atoms with Gasteiger partial charge in [-0.2, -0.15) is 4.31 Å². The van der Waals surface area contributed by atoms with Gasteiger partial charge in [0.1, 0.15) is 5.75 Å². The van der Waals surface area contributed by atoms with E-state index in [0.29, 0.717) is 25.7 Å². The van der Waals surface area contributed by atoms with Gasteiger partial charge in [0, 0.05) is 38.8 Å². The average molecular weight is 433 g/mol. The van der Waals surface area contributed by atoms with Crippen molar-refractivity contribution in [3.8, 4) is 5.75 Å². The fourth-order valence-corrected chi connectivity index (χ4v) is 4.12. The van der Waals surface area contributed by atoms with Crippen molar-refractivity contribution in [1.29, 1.82) is 0 Å². The third-order valence-corrected chi connectivity index (χ3v) is 6.78. The first-order valence-electron chi connectivity index (χ1n) is 10.0. The van der Waals surface area contributed by atoms with Crippen LogP contribution in [-0.4, -0.2) is 45.4 Å². The van der Waals surface area contributed by atoms with Crippen LogP contribution in [0.1, 0.15) is 31.9 Å². The maximum atomic E-state index is 12.6. The molecule has 0 aliphatic heterocycles. The lowest BCUT2D eigenvalue weighted by Gasteiger charge is -2.21. The third kappa shape index (κ3) is 6.21. The number of nitrogens with zero attached hydrogens (tertiary/aromatic N) is 2. The molecule has 0 amide bonds. The topological polar surface area (TPSA) is 83.0 Å². The van der Waals surface area contributed by atoms with Crippen LogP contribution >= 0.6 is 0 Å². The molecule has 0 bridgehead atoms. The molecule has 0 heterocycles. The summed E-state index contributed by atoms with van der Waals surface area (Å²) in [4.78, 5) is 4.53. The van der Waals surface area contributed by atoms with Crippen molar-refractivity contribution in [1.82, 2.24) is 14.9 Å². The molecule has 0 aliphatic carbocycles. The first-order valence-corrected chi connectivity index (χ1v) is 11.5. The van der Waals surface area contributed by atoms with Crippen molar-refractivity contribution in [2.75, 3.05) is 20.7 Å². The summed E-state index contributed by atoms with van der Waals surface area (Å²) in [6, 6.07) is 14.7. The minimum atomic E-state index is -3.47. The van der Waals surface area contributed by atoms with E-state index in [-0.39, 0.29) is 10.9 Å². The minimum absolute atomic E-state index is 0.0985. The Kier molecular flexibility index (Phi) is 8.68. The van der Waals surface area contributed by atoms with Crippen molar-refractivity contribution >= 4 is 16.0 Å². The van der Waals surface area contributed by atoms with Crippen LogP contribution in [0.3, 0.4) is 0 Å². The van der Waals surface area contributed by atoms with Gasteiger partial charge >= 0.3 is 0 Å². The smallest absolute Gasteiger partial charge is 0.243 e. The SMILES string of the molecule is CCOc1ccccc1CNC(=NC)NCc1ccc(S(=O)(=O)N(C)C(C)C)cc1. The highest BCUT2D eigenvalue weighted by Gasteiger charge is 2.22. The maximum Gasteiger partial charge on any atom is 0.243 e. The number of nitrogens with one attached hydrogen (secondary N) is 2. The average Bonchev–Trinajstić information content (AvgIpc) is 2.74. The molecule has 2 N–H and O–H groups in total. The van der Waals surface area contributed by atoms with E-state index in [2.05, 4.69) is 15.6 Å². The fraction of sp³-hybridized carbons (Fsp3) is 0.409. The first kappa shape index (κ1) is 23.7. The largest absolute Gasteiger partial charge is 0.494 e. The quantitative estimate of drug-likeness (QED) is 0.470. The van der Waals surface area contributed by atoms with Gasteiger partial charge in [-0.1, -0.05) is 30.3 Å². The van der Waals surface area contributed by atoms with Gasteiger partial charge in [-0.25, -0.2) is 8.42 Å². The second kappa shape index (κ2) is 11.0. The summed E-state index contributed by atoms with van der Waals surface area (Å²) >= 11 is 0. The number of sulfonamides is 1. The molecule has 7 nitrogen and oxygen atoms in total.